The van der Waals surface area contributed by atoms with Crippen molar-refractivity contribution in [2.24, 2.45) is 17.8 Å². The molecule has 3 rings (SSSR count). The van der Waals surface area contributed by atoms with E-state index in [4.69, 9.17) is 0 Å². The van der Waals surface area contributed by atoms with Crippen molar-refractivity contribution in [2.45, 2.75) is 83.6 Å². The maximum Gasteiger partial charge on any atom is 0.305 e. The third kappa shape index (κ3) is 12.8. The number of hydrogen-bond acceptors (Lipinski definition) is 5. The SMILES string of the molecule is CC(C)c1ccc(C(CC(=O)O)NC(=O)CNC(=O)C(CCC2CCNCC2)CCC2CCNCC2)cc1.Cl.Cl. The Morgan fingerprint density at radius 3 is 1.77 bits per heavy atom. The molecular formula is C30H50Cl2N4O4. The highest BCUT2D eigenvalue weighted by molar-refractivity contribution is 5.86. The van der Waals surface area contributed by atoms with Crippen LogP contribution in [0.1, 0.15) is 94.7 Å². The first kappa shape index (κ1) is 36.2. The number of nitrogens with one attached hydrogen (secondary N) is 4. The molecule has 2 aliphatic rings. The quantitative estimate of drug-likeness (QED) is 0.213. The molecule has 0 aromatic heterocycles. The summed E-state index contributed by atoms with van der Waals surface area (Å²) in [6.45, 7) is 8.25. The second kappa shape index (κ2) is 19.3. The van der Waals surface area contributed by atoms with Crippen LogP contribution >= 0.6 is 24.8 Å². The van der Waals surface area contributed by atoms with E-state index in [-0.39, 0.29) is 55.5 Å². The van der Waals surface area contributed by atoms with Crippen LogP contribution in [-0.4, -0.2) is 55.6 Å². The average molecular weight is 602 g/mol. The predicted octanol–water partition coefficient (Wildman–Crippen LogP) is 4.58. The monoisotopic (exact) mass is 600 g/mol. The summed E-state index contributed by atoms with van der Waals surface area (Å²) < 4.78 is 0. The fraction of sp³-hybridized carbons (Fsp3) is 0.700. The molecule has 1 aromatic carbocycles. The van der Waals surface area contributed by atoms with Crippen molar-refractivity contribution in [3.63, 3.8) is 0 Å². The molecule has 1 unspecified atom stereocenters. The lowest BCUT2D eigenvalue weighted by Crippen LogP contribution is -2.41. The smallest absolute Gasteiger partial charge is 0.305 e. The van der Waals surface area contributed by atoms with Gasteiger partial charge in [-0.2, -0.15) is 0 Å². The lowest BCUT2D eigenvalue weighted by atomic mass is 9.84. The van der Waals surface area contributed by atoms with E-state index in [1.807, 2.05) is 24.3 Å². The fourth-order valence-electron chi connectivity index (χ4n) is 5.72. The molecule has 2 amide bonds. The minimum atomic E-state index is -0.983. The Morgan fingerprint density at radius 1 is 0.850 bits per heavy atom. The van der Waals surface area contributed by atoms with Crippen LogP contribution in [0.2, 0.25) is 0 Å². The number of carbonyl (C=O) groups excluding carboxylic acids is 2. The van der Waals surface area contributed by atoms with E-state index in [0.717, 1.165) is 88.7 Å². The van der Waals surface area contributed by atoms with Crippen molar-refractivity contribution in [3.05, 3.63) is 35.4 Å². The van der Waals surface area contributed by atoms with Gasteiger partial charge in [0.2, 0.25) is 11.8 Å². The number of aliphatic carboxylic acids is 1. The molecule has 8 nitrogen and oxygen atoms in total. The molecule has 1 atom stereocenters. The zero-order chi connectivity index (χ0) is 27.3. The maximum atomic E-state index is 13.2. The third-order valence-corrected chi connectivity index (χ3v) is 8.28. The normalized spacial score (nSPS) is 17.0. The van der Waals surface area contributed by atoms with Crippen molar-refractivity contribution in [1.29, 1.82) is 0 Å². The summed E-state index contributed by atoms with van der Waals surface area (Å²) >= 11 is 0. The van der Waals surface area contributed by atoms with Gasteiger partial charge in [0.15, 0.2) is 0 Å². The van der Waals surface area contributed by atoms with Crippen LogP contribution in [-0.2, 0) is 14.4 Å². The van der Waals surface area contributed by atoms with Crippen LogP contribution in [0.15, 0.2) is 24.3 Å². The van der Waals surface area contributed by atoms with E-state index >= 15 is 0 Å². The van der Waals surface area contributed by atoms with Crippen molar-refractivity contribution in [3.8, 4) is 0 Å². The summed E-state index contributed by atoms with van der Waals surface area (Å²) in [7, 11) is 0. The van der Waals surface area contributed by atoms with Gasteiger partial charge in [-0.3, -0.25) is 14.4 Å². The van der Waals surface area contributed by atoms with Gasteiger partial charge in [-0.1, -0.05) is 38.1 Å². The van der Waals surface area contributed by atoms with Crippen molar-refractivity contribution in [2.75, 3.05) is 32.7 Å². The predicted molar refractivity (Wildman–Crippen MR) is 164 cm³/mol. The number of halogens is 2. The van der Waals surface area contributed by atoms with Crippen LogP contribution in [0.5, 0.6) is 0 Å². The Morgan fingerprint density at radius 2 is 1.32 bits per heavy atom. The highest BCUT2D eigenvalue weighted by atomic mass is 35.5. The second-order valence-corrected chi connectivity index (χ2v) is 11.5. The summed E-state index contributed by atoms with van der Waals surface area (Å²) in [4.78, 5) is 37.5. The van der Waals surface area contributed by atoms with E-state index in [1.165, 1.54) is 0 Å². The first-order chi connectivity index (χ1) is 18.3. The van der Waals surface area contributed by atoms with Gasteiger partial charge < -0.3 is 26.4 Å². The molecule has 2 fully saturated rings. The Hall–Kier alpha value is -1.87. The van der Waals surface area contributed by atoms with Gasteiger partial charge >= 0.3 is 5.97 Å². The Bertz CT molecular complexity index is 866. The Balaban J connectivity index is 0.00000400. The molecule has 10 heteroatoms. The molecule has 0 radical (unpaired) electrons. The zero-order valence-electron chi connectivity index (χ0n) is 24.1. The van der Waals surface area contributed by atoms with Gasteiger partial charge in [0.1, 0.15) is 0 Å². The average Bonchev–Trinajstić information content (AvgIpc) is 2.92. The zero-order valence-corrected chi connectivity index (χ0v) is 25.7. The lowest BCUT2D eigenvalue weighted by molar-refractivity contribution is -0.138. The molecule has 5 N–H and O–H groups in total. The van der Waals surface area contributed by atoms with Crippen molar-refractivity contribution >= 4 is 42.6 Å². The molecule has 1 aromatic rings. The van der Waals surface area contributed by atoms with Crippen molar-refractivity contribution in [1.82, 2.24) is 21.3 Å². The minimum absolute atomic E-state index is 0. The molecule has 228 valence electrons. The fourth-order valence-corrected chi connectivity index (χ4v) is 5.72. The molecule has 2 heterocycles. The number of carbonyl (C=O) groups is 3. The number of benzene rings is 1. The van der Waals surface area contributed by atoms with Gasteiger partial charge in [0, 0.05) is 5.92 Å². The van der Waals surface area contributed by atoms with Gasteiger partial charge in [0.25, 0.3) is 0 Å². The first-order valence-electron chi connectivity index (χ1n) is 14.6. The Kier molecular flexibility index (Phi) is 17.4. The number of carboxylic acids is 1. The first-order valence-corrected chi connectivity index (χ1v) is 14.6. The summed E-state index contributed by atoms with van der Waals surface area (Å²) in [5, 5.41) is 21.9. The molecule has 0 bridgehead atoms. The van der Waals surface area contributed by atoms with E-state index in [1.54, 1.807) is 0 Å². The van der Waals surface area contributed by atoms with Gasteiger partial charge in [-0.05, 0) is 106 Å². The van der Waals surface area contributed by atoms with Gasteiger partial charge in [-0.15, -0.1) is 24.8 Å². The van der Waals surface area contributed by atoms with E-state index in [2.05, 4.69) is 35.1 Å². The van der Waals surface area contributed by atoms with Crippen LogP contribution < -0.4 is 21.3 Å². The molecule has 40 heavy (non-hydrogen) atoms. The largest absolute Gasteiger partial charge is 0.481 e. The number of piperidine rings is 2. The number of hydrogen-bond donors (Lipinski definition) is 5. The van der Waals surface area contributed by atoms with E-state index < -0.39 is 12.0 Å². The highest BCUT2D eigenvalue weighted by Crippen LogP contribution is 2.27. The van der Waals surface area contributed by atoms with Gasteiger partial charge in [0.05, 0.1) is 19.0 Å². The summed E-state index contributed by atoms with van der Waals surface area (Å²) in [5.41, 5.74) is 1.90. The number of amides is 2. The molecule has 2 aliphatic heterocycles. The molecular weight excluding hydrogens is 551 g/mol. The van der Waals surface area contributed by atoms with E-state index in [0.29, 0.717) is 17.8 Å². The number of carboxylic acid groups (broad SMARTS) is 1. The van der Waals surface area contributed by atoms with Gasteiger partial charge in [-0.25, -0.2) is 0 Å². The highest BCUT2D eigenvalue weighted by Gasteiger charge is 2.25. The Labute approximate surface area is 252 Å². The molecule has 0 saturated carbocycles. The standard InChI is InChI=1S/C30H48N4O4.2ClH/c1-21(2)24-7-9-25(10-8-24)27(19-29(36)37)34-28(35)20-33-30(38)26(5-3-22-11-15-31-16-12-22)6-4-23-13-17-32-18-14-23;;/h7-10,21-23,26-27,31-32H,3-6,11-20H2,1-2H3,(H,33,38)(H,34,35)(H,36,37);2*1H. The third-order valence-electron chi connectivity index (χ3n) is 8.28. The molecule has 0 spiro atoms. The molecule has 0 aliphatic carbocycles. The van der Waals surface area contributed by atoms with Crippen molar-refractivity contribution < 1.29 is 19.5 Å². The molecule has 2 saturated heterocycles. The summed E-state index contributed by atoms with van der Waals surface area (Å²) in [6.07, 6.45) is 8.23. The van der Waals surface area contributed by atoms with E-state index in [9.17, 15) is 19.5 Å². The minimum Gasteiger partial charge on any atom is -0.481 e. The second-order valence-electron chi connectivity index (χ2n) is 11.5. The topological polar surface area (TPSA) is 120 Å². The summed E-state index contributed by atoms with van der Waals surface area (Å²) in [5.74, 6) is 0.186. The van der Waals surface area contributed by atoms with Crippen LogP contribution in [0.25, 0.3) is 0 Å². The maximum absolute atomic E-state index is 13.2. The van der Waals surface area contributed by atoms with Crippen LogP contribution in [0.3, 0.4) is 0 Å². The van der Waals surface area contributed by atoms with Crippen LogP contribution in [0, 0.1) is 17.8 Å². The number of rotatable bonds is 14. The van der Waals surface area contributed by atoms with Crippen LogP contribution in [0.4, 0.5) is 0 Å². The lowest BCUT2D eigenvalue weighted by Gasteiger charge is -2.27. The summed E-state index contributed by atoms with van der Waals surface area (Å²) in [6, 6.07) is 7.04.